The molecule has 0 fully saturated rings. The summed E-state index contributed by atoms with van der Waals surface area (Å²) in [6, 6.07) is 0.470. The molecular weight excluding hydrogens is 190 g/mol. The number of hydrogen-bond donors (Lipinski definition) is 1. The van der Waals surface area contributed by atoms with Crippen molar-refractivity contribution >= 4 is 0 Å². The van der Waals surface area contributed by atoms with Crippen molar-refractivity contribution in [2.75, 3.05) is 19.7 Å². The van der Waals surface area contributed by atoms with E-state index in [1.54, 1.807) is 0 Å². The number of aromatic nitrogens is 2. The van der Waals surface area contributed by atoms with Crippen molar-refractivity contribution in [3.8, 4) is 0 Å². The molecule has 0 saturated carbocycles. The van der Waals surface area contributed by atoms with Crippen molar-refractivity contribution in [1.29, 1.82) is 0 Å². The molecule has 0 unspecified atom stereocenters. The molecule has 0 aliphatic heterocycles. The van der Waals surface area contributed by atoms with Gasteiger partial charge >= 0.3 is 0 Å². The molecule has 0 aliphatic carbocycles. The lowest BCUT2D eigenvalue weighted by atomic mass is 10.2. The van der Waals surface area contributed by atoms with Crippen LogP contribution in [0.15, 0.2) is 12.4 Å². The highest BCUT2D eigenvalue weighted by Gasteiger charge is 2.09. The standard InChI is InChI=1S/C11H21N3O/c1-10(2)14(8-9-15)6-4-11-12-5-7-13(11)3/h5,7,10,15H,4,6,8-9H2,1-3H3. The van der Waals surface area contributed by atoms with E-state index in [1.165, 1.54) is 0 Å². The minimum atomic E-state index is 0.221. The second-order valence-corrected chi connectivity index (χ2v) is 4.06. The second kappa shape index (κ2) is 5.88. The maximum atomic E-state index is 8.93. The Balaban J connectivity index is 2.43. The summed E-state index contributed by atoms with van der Waals surface area (Å²) in [6.07, 6.45) is 4.71. The van der Waals surface area contributed by atoms with Crippen LogP contribution in [0, 0.1) is 0 Å². The summed E-state index contributed by atoms with van der Waals surface area (Å²) in [6.45, 7) is 6.20. The minimum Gasteiger partial charge on any atom is -0.395 e. The predicted octanol–water partition coefficient (Wildman–Crippen LogP) is 0.665. The van der Waals surface area contributed by atoms with E-state index in [1.807, 2.05) is 24.0 Å². The van der Waals surface area contributed by atoms with Crippen LogP contribution in [0.25, 0.3) is 0 Å². The smallest absolute Gasteiger partial charge is 0.109 e. The molecule has 0 atom stereocenters. The summed E-state index contributed by atoms with van der Waals surface area (Å²) < 4.78 is 2.04. The third kappa shape index (κ3) is 3.64. The first-order valence-electron chi connectivity index (χ1n) is 5.46. The summed E-state index contributed by atoms with van der Waals surface area (Å²) in [7, 11) is 2.01. The van der Waals surface area contributed by atoms with Crippen LogP contribution in [0.5, 0.6) is 0 Å². The number of imidazole rings is 1. The molecule has 1 N–H and O–H groups in total. The van der Waals surface area contributed by atoms with Crippen LogP contribution in [0.2, 0.25) is 0 Å². The number of nitrogens with zero attached hydrogens (tertiary/aromatic N) is 3. The van der Waals surface area contributed by atoms with Crippen LogP contribution in [0.4, 0.5) is 0 Å². The highest BCUT2D eigenvalue weighted by molar-refractivity contribution is 4.91. The molecule has 0 amide bonds. The molecule has 0 aromatic carbocycles. The summed E-state index contributed by atoms with van der Waals surface area (Å²) in [5.41, 5.74) is 0. The summed E-state index contributed by atoms with van der Waals surface area (Å²) in [5, 5.41) is 8.93. The number of aliphatic hydroxyl groups is 1. The van der Waals surface area contributed by atoms with Gasteiger partial charge in [-0.15, -0.1) is 0 Å². The van der Waals surface area contributed by atoms with Crippen molar-refractivity contribution in [3.63, 3.8) is 0 Å². The van der Waals surface area contributed by atoms with Crippen LogP contribution in [0.3, 0.4) is 0 Å². The molecule has 0 spiro atoms. The molecule has 0 aliphatic rings. The molecule has 0 bridgehead atoms. The van der Waals surface area contributed by atoms with E-state index < -0.39 is 0 Å². The van der Waals surface area contributed by atoms with Crippen molar-refractivity contribution in [3.05, 3.63) is 18.2 Å². The Kier molecular flexibility index (Phi) is 4.78. The summed E-state index contributed by atoms with van der Waals surface area (Å²) >= 11 is 0. The Morgan fingerprint density at radius 3 is 2.67 bits per heavy atom. The number of aryl methyl sites for hydroxylation is 1. The van der Waals surface area contributed by atoms with E-state index in [2.05, 4.69) is 23.7 Å². The first-order valence-corrected chi connectivity index (χ1v) is 5.46. The molecule has 4 nitrogen and oxygen atoms in total. The van der Waals surface area contributed by atoms with Gasteiger partial charge in [0.1, 0.15) is 5.82 Å². The topological polar surface area (TPSA) is 41.3 Å². The predicted molar refractivity (Wildman–Crippen MR) is 60.7 cm³/mol. The van der Waals surface area contributed by atoms with E-state index in [4.69, 9.17) is 5.11 Å². The summed E-state index contributed by atoms with van der Waals surface area (Å²) in [5.74, 6) is 1.10. The van der Waals surface area contributed by atoms with Gasteiger partial charge in [-0.05, 0) is 13.8 Å². The average molecular weight is 211 g/mol. The molecule has 1 heterocycles. The third-order valence-electron chi connectivity index (χ3n) is 2.66. The van der Waals surface area contributed by atoms with Crippen LogP contribution >= 0.6 is 0 Å². The molecule has 4 heteroatoms. The maximum Gasteiger partial charge on any atom is 0.109 e. The Labute approximate surface area is 91.5 Å². The van der Waals surface area contributed by atoms with Gasteiger partial charge in [0.15, 0.2) is 0 Å². The number of aliphatic hydroxyl groups excluding tert-OH is 1. The van der Waals surface area contributed by atoms with Crippen LogP contribution in [-0.4, -0.2) is 45.3 Å². The van der Waals surface area contributed by atoms with Gasteiger partial charge in [-0.25, -0.2) is 4.98 Å². The van der Waals surface area contributed by atoms with E-state index in [-0.39, 0.29) is 6.61 Å². The zero-order valence-corrected chi connectivity index (χ0v) is 9.85. The molecule has 1 aromatic rings. The van der Waals surface area contributed by atoms with Crippen LogP contribution in [-0.2, 0) is 13.5 Å². The minimum absolute atomic E-state index is 0.221. The van der Waals surface area contributed by atoms with E-state index in [0.717, 1.165) is 25.3 Å². The van der Waals surface area contributed by atoms with Crippen molar-refractivity contribution in [1.82, 2.24) is 14.5 Å². The van der Waals surface area contributed by atoms with Gasteiger partial charge in [-0.2, -0.15) is 0 Å². The molecule has 1 rings (SSSR count). The second-order valence-electron chi connectivity index (χ2n) is 4.06. The highest BCUT2D eigenvalue weighted by atomic mass is 16.3. The number of rotatable bonds is 6. The molecule has 86 valence electrons. The molecule has 0 radical (unpaired) electrons. The fraction of sp³-hybridized carbons (Fsp3) is 0.727. The monoisotopic (exact) mass is 211 g/mol. The highest BCUT2D eigenvalue weighted by Crippen LogP contribution is 2.02. The Hall–Kier alpha value is -0.870. The van der Waals surface area contributed by atoms with Gasteiger partial charge < -0.3 is 9.67 Å². The maximum absolute atomic E-state index is 8.93. The SMILES string of the molecule is CC(C)N(CCO)CCc1nccn1C. The normalized spacial score (nSPS) is 11.6. The zero-order chi connectivity index (χ0) is 11.3. The van der Waals surface area contributed by atoms with E-state index >= 15 is 0 Å². The largest absolute Gasteiger partial charge is 0.395 e. The van der Waals surface area contributed by atoms with E-state index in [9.17, 15) is 0 Å². The van der Waals surface area contributed by atoms with Gasteiger partial charge in [0.25, 0.3) is 0 Å². The van der Waals surface area contributed by atoms with E-state index in [0.29, 0.717) is 6.04 Å². The Morgan fingerprint density at radius 1 is 1.47 bits per heavy atom. The van der Waals surface area contributed by atoms with Crippen molar-refractivity contribution < 1.29 is 5.11 Å². The van der Waals surface area contributed by atoms with Gasteiger partial charge in [-0.1, -0.05) is 0 Å². The lowest BCUT2D eigenvalue weighted by Gasteiger charge is -2.25. The molecular formula is C11H21N3O. The van der Waals surface area contributed by atoms with Crippen LogP contribution in [0.1, 0.15) is 19.7 Å². The first-order chi connectivity index (χ1) is 7.15. The fourth-order valence-corrected chi connectivity index (χ4v) is 1.64. The lowest BCUT2D eigenvalue weighted by molar-refractivity contribution is 0.166. The fourth-order valence-electron chi connectivity index (χ4n) is 1.64. The Morgan fingerprint density at radius 2 is 2.20 bits per heavy atom. The molecule has 0 saturated heterocycles. The quantitative estimate of drug-likeness (QED) is 0.752. The zero-order valence-electron chi connectivity index (χ0n) is 9.85. The van der Waals surface area contributed by atoms with Crippen molar-refractivity contribution in [2.45, 2.75) is 26.3 Å². The lowest BCUT2D eigenvalue weighted by Crippen LogP contribution is -2.35. The summed E-state index contributed by atoms with van der Waals surface area (Å²) in [4.78, 5) is 6.54. The Bertz CT molecular complexity index is 283. The first kappa shape index (κ1) is 12.2. The van der Waals surface area contributed by atoms with Gasteiger partial charge in [0, 0.05) is 45.0 Å². The number of hydrogen-bond acceptors (Lipinski definition) is 3. The van der Waals surface area contributed by atoms with Crippen molar-refractivity contribution in [2.24, 2.45) is 7.05 Å². The molecule has 15 heavy (non-hydrogen) atoms. The van der Waals surface area contributed by atoms with Gasteiger partial charge in [0.2, 0.25) is 0 Å². The average Bonchev–Trinajstić information content (AvgIpc) is 2.58. The third-order valence-corrected chi connectivity index (χ3v) is 2.66. The van der Waals surface area contributed by atoms with Crippen LogP contribution < -0.4 is 0 Å². The van der Waals surface area contributed by atoms with Gasteiger partial charge in [-0.3, -0.25) is 4.90 Å². The molecule has 1 aromatic heterocycles. The van der Waals surface area contributed by atoms with Gasteiger partial charge in [0.05, 0.1) is 6.61 Å².